The molecule has 1 N–H and O–H groups in total. The van der Waals surface area contributed by atoms with Gasteiger partial charge in [0, 0.05) is 18.0 Å². The van der Waals surface area contributed by atoms with Crippen molar-refractivity contribution >= 4 is 0 Å². The van der Waals surface area contributed by atoms with Crippen molar-refractivity contribution in [1.82, 2.24) is 15.3 Å². The van der Waals surface area contributed by atoms with Gasteiger partial charge < -0.3 is 9.73 Å². The fourth-order valence-electron chi connectivity index (χ4n) is 1.58. The minimum atomic E-state index is 0.0624. The third kappa shape index (κ3) is 2.46. The van der Waals surface area contributed by atoms with Gasteiger partial charge in [-0.1, -0.05) is 6.92 Å². The van der Waals surface area contributed by atoms with Crippen molar-refractivity contribution in [3.63, 3.8) is 0 Å². The molecule has 16 heavy (non-hydrogen) atoms. The summed E-state index contributed by atoms with van der Waals surface area (Å²) in [4.78, 5) is 8.41. The maximum absolute atomic E-state index is 5.11. The van der Waals surface area contributed by atoms with Crippen LogP contribution >= 0.6 is 0 Å². The minimum Gasteiger partial charge on any atom is -0.472 e. The van der Waals surface area contributed by atoms with E-state index in [1.54, 1.807) is 31.1 Å². The van der Waals surface area contributed by atoms with Gasteiger partial charge in [-0.05, 0) is 19.0 Å². The van der Waals surface area contributed by atoms with Gasteiger partial charge in [-0.2, -0.15) is 0 Å². The van der Waals surface area contributed by atoms with Gasteiger partial charge in [0.05, 0.1) is 30.5 Å². The number of nitrogens with zero attached hydrogens (tertiary/aromatic N) is 2. The summed E-state index contributed by atoms with van der Waals surface area (Å²) < 4.78 is 5.11. The first kappa shape index (κ1) is 10.8. The lowest BCUT2D eigenvalue weighted by Gasteiger charge is -2.15. The molecule has 0 saturated heterocycles. The summed E-state index contributed by atoms with van der Waals surface area (Å²) in [5, 5.41) is 3.43. The van der Waals surface area contributed by atoms with Crippen LogP contribution in [0.1, 0.15) is 30.6 Å². The second kappa shape index (κ2) is 5.42. The Morgan fingerprint density at radius 1 is 1.44 bits per heavy atom. The maximum atomic E-state index is 5.11. The summed E-state index contributed by atoms with van der Waals surface area (Å²) in [6.07, 6.45) is 9.65. The number of hydrogen-bond donors (Lipinski definition) is 1. The van der Waals surface area contributed by atoms with E-state index in [9.17, 15) is 0 Å². The fourth-order valence-corrected chi connectivity index (χ4v) is 1.58. The van der Waals surface area contributed by atoms with Crippen molar-refractivity contribution in [2.75, 3.05) is 6.54 Å². The molecule has 2 aromatic rings. The Bertz CT molecular complexity index is 399. The van der Waals surface area contributed by atoms with Gasteiger partial charge in [0.2, 0.25) is 0 Å². The van der Waals surface area contributed by atoms with Gasteiger partial charge in [0.15, 0.2) is 0 Å². The van der Waals surface area contributed by atoms with E-state index in [0.717, 1.165) is 24.2 Å². The second-order valence-electron chi connectivity index (χ2n) is 3.57. The van der Waals surface area contributed by atoms with Crippen molar-refractivity contribution in [3.05, 3.63) is 48.4 Å². The van der Waals surface area contributed by atoms with Crippen LogP contribution in [0.5, 0.6) is 0 Å². The van der Waals surface area contributed by atoms with Crippen LogP contribution in [0.2, 0.25) is 0 Å². The lowest BCUT2D eigenvalue weighted by Crippen LogP contribution is -2.23. The molecule has 1 atom stereocenters. The largest absolute Gasteiger partial charge is 0.472 e. The minimum absolute atomic E-state index is 0.0624. The zero-order valence-electron chi connectivity index (χ0n) is 9.26. The van der Waals surface area contributed by atoms with Crippen LogP contribution in [0.15, 0.2) is 41.6 Å². The van der Waals surface area contributed by atoms with Crippen LogP contribution in [0.4, 0.5) is 0 Å². The van der Waals surface area contributed by atoms with Gasteiger partial charge in [0.25, 0.3) is 0 Å². The molecule has 0 fully saturated rings. The van der Waals surface area contributed by atoms with Crippen LogP contribution < -0.4 is 5.32 Å². The van der Waals surface area contributed by atoms with Crippen molar-refractivity contribution in [2.24, 2.45) is 0 Å². The van der Waals surface area contributed by atoms with Crippen LogP contribution in [-0.2, 0) is 0 Å². The predicted octanol–water partition coefficient (Wildman–Crippen LogP) is 2.16. The highest BCUT2D eigenvalue weighted by molar-refractivity contribution is 5.22. The Hall–Kier alpha value is -1.68. The molecule has 0 spiro atoms. The predicted molar refractivity (Wildman–Crippen MR) is 60.9 cm³/mol. The highest BCUT2D eigenvalue weighted by Crippen LogP contribution is 2.19. The van der Waals surface area contributed by atoms with Gasteiger partial charge in [-0.25, -0.2) is 0 Å². The molecule has 1 unspecified atom stereocenters. The van der Waals surface area contributed by atoms with Gasteiger partial charge >= 0.3 is 0 Å². The molecular weight excluding hydrogens is 202 g/mol. The zero-order chi connectivity index (χ0) is 11.2. The monoisotopic (exact) mass is 217 g/mol. The summed E-state index contributed by atoms with van der Waals surface area (Å²) in [7, 11) is 0. The molecule has 0 amide bonds. The quantitative estimate of drug-likeness (QED) is 0.833. The number of furan rings is 1. The molecule has 4 heteroatoms. The van der Waals surface area contributed by atoms with Crippen LogP contribution in [0.25, 0.3) is 0 Å². The molecule has 0 radical (unpaired) electrons. The van der Waals surface area contributed by atoms with E-state index in [4.69, 9.17) is 4.42 Å². The van der Waals surface area contributed by atoms with E-state index in [2.05, 4.69) is 22.2 Å². The van der Waals surface area contributed by atoms with Crippen LogP contribution in [0, 0.1) is 0 Å². The Morgan fingerprint density at radius 3 is 3.00 bits per heavy atom. The van der Waals surface area contributed by atoms with Crippen molar-refractivity contribution in [2.45, 2.75) is 19.4 Å². The fraction of sp³-hybridized carbons (Fsp3) is 0.333. The molecule has 2 rings (SSSR count). The van der Waals surface area contributed by atoms with Gasteiger partial charge in [-0.15, -0.1) is 0 Å². The molecule has 0 bridgehead atoms. The number of nitrogens with one attached hydrogen (secondary N) is 1. The average molecular weight is 217 g/mol. The first-order chi connectivity index (χ1) is 7.92. The van der Waals surface area contributed by atoms with Crippen LogP contribution in [0.3, 0.4) is 0 Å². The molecule has 2 aromatic heterocycles. The van der Waals surface area contributed by atoms with Crippen molar-refractivity contribution in [3.8, 4) is 0 Å². The van der Waals surface area contributed by atoms with Crippen molar-refractivity contribution in [1.29, 1.82) is 0 Å². The lowest BCUT2D eigenvalue weighted by molar-refractivity contribution is 0.544. The third-order valence-corrected chi connectivity index (χ3v) is 2.35. The summed E-state index contributed by atoms with van der Waals surface area (Å²) in [5.74, 6) is 0. The third-order valence-electron chi connectivity index (χ3n) is 2.35. The maximum Gasteiger partial charge on any atom is 0.0954 e. The first-order valence-electron chi connectivity index (χ1n) is 5.43. The van der Waals surface area contributed by atoms with Gasteiger partial charge in [0.1, 0.15) is 0 Å². The number of hydrogen-bond acceptors (Lipinski definition) is 4. The summed E-state index contributed by atoms with van der Waals surface area (Å²) in [6.45, 7) is 3.07. The Kier molecular flexibility index (Phi) is 3.66. The second-order valence-corrected chi connectivity index (χ2v) is 3.57. The van der Waals surface area contributed by atoms with E-state index >= 15 is 0 Å². The molecule has 84 valence electrons. The highest BCUT2D eigenvalue weighted by atomic mass is 16.3. The Morgan fingerprint density at radius 2 is 2.38 bits per heavy atom. The van der Waals surface area contributed by atoms with E-state index in [1.165, 1.54) is 0 Å². The number of aromatic nitrogens is 2. The standard InChI is InChI=1S/C12H15N3O/c1-2-4-15-12(10-3-7-16-9-10)11-8-13-5-6-14-11/h3,5-9,12,15H,2,4H2,1H3. The Balaban J connectivity index is 2.21. The number of rotatable bonds is 5. The van der Waals surface area contributed by atoms with Gasteiger partial charge in [-0.3, -0.25) is 9.97 Å². The highest BCUT2D eigenvalue weighted by Gasteiger charge is 2.15. The smallest absolute Gasteiger partial charge is 0.0954 e. The van der Waals surface area contributed by atoms with E-state index in [0.29, 0.717) is 0 Å². The topological polar surface area (TPSA) is 51.0 Å². The summed E-state index contributed by atoms with van der Waals surface area (Å²) >= 11 is 0. The van der Waals surface area contributed by atoms with Crippen LogP contribution in [-0.4, -0.2) is 16.5 Å². The molecule has 0 saturated carbocycles. The van der Waals surface area contributed by atoms with E-state index in [-0.39, 0.29) is 6.04 Å². The van der Waals surface area contributed by atoms with E-state index in [1.807, 2.05) is 6.07 Å². The molecule has 0 aliphatic heterocycles. The first-order valence-corrected chi connectivity index (χ1v) is 5.43. The Labute approximate surface area is 94.7 Å². The normalized spacial score (nSPS) is 12.6. The molecule has 0 aliphatic rings. The molecular formula is C12H15N3O. The summed E-state index contributed by atoms with van der Waals surface area (Å²) in [5.41, 5.74) is 1.99. The van der Waals surface area contributed by atoms with E-state index < -0.39 is 0 Å². The SMILES string of the molecule is CCCNC(c1ccoc1)c1cnccn1. The molecule has 4 nitrogen and oxygen atoms in total. The lowest BCUT2D eigenvalue weighted by atomic mass is 10.1. The molecule has 2 heterocycles. The molecule has 0 aliphatic carbocycles. The summed E-state index contributed by atoms with van der Waals surface area (Å²) in [6, 6.07) is 2.01. The molecule has 0 aromatic carbocycles. The van der Waals surface area contributed by atoms with Crippen molar-refractivity contribution < 1.29 is 4.42 Å². The zero-order valence-corrected chi connectivity index (χ0v) is 9.26. The average Bonchev–Trinajstić information content (AvgIpc) is 2.85.